The molecule has 0 aliphatic carbocycles. The van der Waals surface area contributed by atoms with E-state index >= 15 is 0 Å². The van der Waals surface area contributed by atoms with Gasteiger partial charge in [0.1, 0.15) is 6.04 Å². The van der Waals surface area contributed by atoms with Gasteiger partial charge < -0.3 is 10.4 Å². The van der Waals surface area contributed by atoms with Crippen LogP contribution in [0, 0.1) is 13.8 Å². The maximum Gasteiger partial charge on any atom is 0.326 e. The lowest BCUT2D eigenvalue weighted by Gasteiger charge is -2.14. The van der Waals surface area contributed by atoms with Crippen LogP contribution in [0.4, 0.5) is 0 Å². The molecule has 1 amide bonds. The maximum absolute atomic E-state index is 11.2. The zero-order valence-electron chi connectivity index (χ0n) is 13.6. The fourth-order valence-corrected chi connectivity index (χ4v) is 2.76. The fourth-order valence-electron chi connectivity index (χ4n) is 2.76. The second-order valence-corrected chi connectivity index (χ2v) is 5.76. The second kappa shape index (κ2) is 7.09. The minimum absolute atomic E-state index is 0.266. The van der Waals surface area contributed by atoms with Crippen LogP contribution < -0.4 is 5.32 Å². The predicted octanol–water partition coefficient (Wildman–Crippen LogP) is 3.10. The first-order valence-electron chi connectivity index (χ1n) is 7.54. The zero-order valence-corrected chi connectivity index (χ0v) is 13.6. The highest BCUT2D eigenvalue weighted by atomic mass is 16.4. The third-order valence-electron chi connectivity index (χ3n) is 3.84. The largest absolute Gasteiger partial charge is 0.480 e. The van der Waals surface area contributed by atoms with Crippen LogP contribution in [0.2, 0.25) is 0 Å². The molecular weight excluding hydrogens is 290 g/mol. The number of amides is 1. The monoisotopic (exact) mass is 311 g/mol. The second-order valence-electron chi connectivity index (χ2n) is 5.76. The molecule has 2 aromatic rings. The standard InChI is InChI=1S/C19H21NO3/c1-12-5-4-6-13(2)18(12)16-9-7-15(8-10-16)11-17(19(22)23)20-14(3)21/h4-10,17H,11H2,1-3H3,(H,20,21)(H,22,23). The molecule has 0 saturated carbocycles. The Balaban J connectivity index is 2.22. The third-order valence-corrected chi connectivity index (χ3v) is 3.84. The molecule has 1 atom stereocenters. The number of carboxylic acids is 1. The number of hydrogen-bond donors (Lipinski definition) is 2. The molecule has 4 nitrogen and oxygen atoms in total. The van der Waals surface area contributed by atoms with E-state index in [2.05, 4.69) is 31.3 Å². The smallest absolute Gasteiger partial charge is 0.326 e. The Morgan fingerprint density at radius 2 is 1.61 bits per heavy atom. The average Bonchev–Trinajstić information content (AvgIpc) is 2.47. The van der Waals surface area contributed by atoms with Gasteiger partial charge >= 0.3 is 5.97 Å². The predicted molar refractivity (Wildman–Crippen MR) is 90.3 cm³/mol. The van der Waals surface area contributed by atoms with Gasteiger partial charge in [-0.15, -0.1) is 0 Å². The van der Waals surface area contributed by atoms with Crippen LogP contribution in [0.25, 0.3) is 11.1 Å². The molecule has 0 bridgehead atoms. The van der Waals surface area contributed by atoms with E-state index in [1.807, 2.05) is 30.3 Å². The molecule has 0 saturated heterocycles. The molecule has 0 fully saturated rings. The fraction of sp³-hybridized carbons (Fsp3) is 0.263. The van der Waals surface area contributed by atoms with Crippen LogP contribution in [0.15, 0.2) is 42.5 Å². The minimum atomic E-state index is -1.03. The molecule has 1 unspecified atom stereocenters. The number of benzene rings is 2. The van der Waals surface area contributed by atoms with Crippen molar-refractivity contribution < 1.29 is 14.7 Å². The lowest BCUT2D eigenvalue weighted by molar-refractivity contribution is -0.141. The van der Waals surface area contributed by atoms with E-state index in [-0.39, 0.29) is 12.3 Å². The van der Waals surface area contributed by atoms with Gasteiger partial charge in [-0.2, -0.15) is 0 Å². The van der Waals surface area contributed by atoms with Crippen molar-refractivity contribution in [2.24, 2.45) is 0 Å². The molecule has 0 aliphatic rings. The van der Waals surface area contributed by atoms with Crippen molar-refractivity contribution >= 4 is 11.9 Å². The van der Waals surface area contributed by atoms with E-state index in [0.29, 0.717) is 0 Å². The Morgan fingerprint density at radius 1 is 1.04 bits per heavy atom. The molecule has 0 radical (unpaired) electrons. The van der Waals surface area contributed by atoms with Gasteiger partial charge in [0.25, 0.3) is 0 Å². The summed E-state index contributed by atoms with van der Waals surface area (Å²) in [6, 6.07) is 13.1. The Kier molecular flexibility index (Phi) is 5.16. The van der Waals surface area contributed by atoms with Gasteiger partial charge in [-0.25, -0.2) is 4.79 Å². The highest BCUT2D eigenvalue weighted by Gasteiger charge is 2.18. The number of aliphatic carboxylic acids is 1. The Labute approximate surface area is 136 Å². The van der Waals surface area contributed by atoms with Crippen LogP contribution in [-0.4, -0.2) is 23.0 Å². The van der Waals surface area contributed by atoms with Crippen LogP contribution in [0.3, 0.4) is 0 Å². The van der Waals surface area contributed by atoms with Crippen molar-refractivity contribution in [2.45, 2.75) is 33.2 Å². The normalized spacial score (nSPS) is 11.8. The number of rotatable bonds is 5. The van der Waals surface area contributed by atoms with Gasteiger partial charge in [-0.05, 0) is 41.7 Å². The first-order valence-corrected chi connectivity index (χ1v) is 7.54. The summed E-state index contributed by atoms with van der Waals surface area (Å²) in [5.41, 5.74) is 5.60. The molecule has 2 rings (SSSR count). The van der Waals surface area contributed by atoms with Crippen LogP contribution in [0.5, 0.6) is 0 Å². The van der Waals surface area contributed by atoms with Crippen molar-refractivity contribution in [1.82, 2.24) is 5.32 Å². The van der Waals surface area contributed by atoms with Crippen molar-refractivity contribution in [3.8, 4) is 11.1 Å². The van der Waals surface area contributed by atoms with E-state index in [4.69, 9.17) is 0 Å². The first-order chi connectivity index (χ1) is 10.9. The van der Waals surface area contributed by atoms with Crippen LogP contribution in [-0.2, 0) is 16.0 Å². The van der Waals surface area contributed by atoms with E-state index in [1.165, 1.54) is 23.6 Å². The summed E-state index contributed by atoms with van der Waals surface area (Å²) in [7, 11) is 0. The summed E-state index contributed by atoms with van der Waals surface area (Å²) in [6.45, 7) is 5.47. The average molecular weight is 311 g/mol. The number of carbonyl (C=O) groups is 2. The zero-order chi connectivity index (χ0) is 17.0. The third kappa shape index (κ3) is 4.19. The van der Waals surface area contributed by atoms with Gasteiger partial charge in [0.05, 0.1) is 0 Å². The summed E-state index contributed by atoms with van der Waals surface area (Å²) >= 11 is 0. The van der Waals surface area contributed by atoms with Gasteiger partial charge in [0.2, 0.25) is 5.91 Å². The summed E-state index contributed by atoms with van der Waals surface area (Å²) in [4.78, 5) is 22.3. The van der Waals surface area contributed by atoms with E-state index in [0.717, 1.165) is 11.1 Å². The van der Waals surface area contributed by atoms with Crippen LogP contribution >= 0.6 is 0 Å². The van der Waals surface area contributed by atoms with Crippen molar-refractivity contribution in [1.29, 1.82) is 0 Å². The Morgan fingerprint density at radius 3 is 2.09 bits per heavy atom. The van der Waals surface area contributed by atoms with Crippen molar-refractivity contribution in [3.05, 3.63) is 59.2 Å². The summed E-state index contributed by atoms with van der Waals surface area (Å²) in [6.07, 6.45) is 0.266. The molecule has 2 N–H and O–H groups in total. The quantitative estimate of drug-likeness (QED) is 0.891. The lowest BCUT2D eigenvalue weighted by atomic mass is 9.94. The molecule has 4 heteroatoms. The summed E-state index contributed by atoms with van der Waals surface area (Å²) in [5.74, 6) is -1.37. The SMILES string of the molecule is CC(=O)NC(Cc1ccc(-c2c(C)cccc2C)cc1)C(=O)O. The highest BCUT2D eigenvalue weighted by Crippen LogP contribution is 2.27. The van der Waals surface area contributed by atoms with Crippen molar-refractivity contribution in [3.63, 3.8) is 0 Å². The molecule has 2 aromatic carbocycles. The first kappa shape index (κ1) is 16.7. The maximum atomic E-state index is 11.2. The van der Waals surface area contributed by atoms with Crippen molar-refractivity contribution in [2.75, 3.05) is 0 Å². The Bertz CT molecular complexity index is 700. The van der Waals surface area contributed by atoms with Gasteiger partial charge in [0, 0.05) is 13.3 Å². The number of hydrogen-bond acceptors (Lipinski definition) is 2. The molecule has 0 aromatic heterocycles. The number of nitrogens with one attached hydrogen (secondary N) is 1. The summed E-state index contributed by atoms with van der Waals surface area (Å²) < 4.78 is 0. The molecular formula is C19H21NO3. The molecule has 23 heavy (non-hydrogen) atoms. The highest BCUT2D eigenvalue weighted by molar-refractivity contribution is 5.82. The number of aryl methyl sites for hydroxylation is 2. The topological polar surface area (TPSA) is 66.4 Å². The van der Waals surface area contributed by atoms with Gasteiger partial charge in [-0.1, -0.05) is 42.5 Å². The van der Waals surface area contributed by atoms with Gasteiger partial charge in [-0.3, -0.25) is 4.79 Å². The van der Waals surface area contributed by atoms with Gasteiger partial charge in [0.15, 0.2) is 0 Å². The molecule has 0 spiro atoms. The molecule has 0 heterocycles. The lowest BCUT2D eigenvalue weighted by Crippen LogP contribution is -2.41. The minimum Gasteiger partial charge on any atom is -0.480 e. The molecule has 120 valence electrons. The summed E-state index contributed by atoms with van der Waals surface area (Å²) in [5, 5.41) is 11.6. The number of carboxylic acid groups (broad SMARTS) is 1. The Hall–Kier alpha value is -2.62. The van der Waals surface area contributed by atoms with Crippen LogP contribution in [0.1, 0.15) is 23.6 Å². The van der Waals surface area contributed by atoms with E-state index in [9.17, 15) is 14.7 Å². The van der Waals surface area contributed by atoms with E-state index < -0.39 is 12.0 Å². The molecule has 0 aliphatic heterocycles. The van der Waals surface area contributed by atoms with E-state index in [1.54, 1.807) is 0 Å². The number of carbonyl (C=O) groups excluding carboxylic acids is 1.